The number of allylic oxidation sites excluding steroid dienone is 1. The van der Waals surface area contributed by atoms with Gasteiger partial charge in [-0.05, 0) is 98.9 Å². The predicted octanol–water partition coefficient (Wildman–Crippen LogP) is 4.41. The van der Waals surface area contributed by atoms with Gasteiger partial charge < -0.3 is 10.2 Å². The van der Waals surface area contributed by atoms with Crippen LogP contribution >= 0.6 is 0 Å². The minimum atomic E-state index is -0.544. The minimum Gasteiger partial charge on any atom is -0.396 e. The first-order valence-electron chi connectivity index (χ1n) is 10.9. The van der Waals surface area contributed by atoms with Gasteiger partial charge in [-0.25, -0.2) is 0 Å². The number of fused-ring (bicyclic) bond motifs is 5. The van der Waals surface area contributed by atoms with E-state index in [0.29, 0.717) is 23.5 Å². The summed E-state index contributed by atoms with van der Waals surface area (Å²) in [5.74, 6) is 2.34. The van der Waals surface area contributed by atoms with Gasteiger partial charge in [-0.15, -0.1) is 0 Å². The smallest absolute Gasteiger partial charge is 0.155 e. The third-order valence-corrected chi connectivity index (χ3v) is 9.28. The molecule has 4 aliphatic rings. The largest absolute Gasteiger partial charge is 0.396 e. The lowest BCUT2D eigenvalue weighted by atomic mass is 9.46. The number of carbonyl (C=O) groups excluding carboxylic acids is 1. The Morgan fingerprint density at radius 1 is 1.04 bits per heavy atom. The van der Waals surface area contributed by atoms with Crippen molar-refractivity contribution in [2.24, 2.45) is 28.6 Å². The van der Waals surface area contributed by atoms with Crippen molar-refractivity contribution in [1.82, 2.24) is 0 Å². The molecule has 0 bridgehead atoms. The standard InChI is InChI=1S/C23H36O3/c1-21-11-7-17(25)15-16(21)5-6-18-19(21)8-12-22(2)20(18)9-13-23(22,26)10-3-4-14-24/h15,18-20,24,26H,3-14H2,1-2H3/t18-,19+,20+,21+,22+,23+/m1/s1. The van der Waals surface area contributed by atoms with Gasteiger partial charge in [-0.1, -0.05) is 19.4 Å². The molecule has 0 saturated heterocycles. The number of aliphatic hydroxyl groups excluding tert-OH is 1. The zero-order chi connectivity index (χ0) is 18.6. The van der Waals surface area contributed by atoms with E-state index in [1.165, 1.54) is 18.4 Å². The average Bonchev–Trinajstić information content (AvgIpc) is 2.87. The molecule has 3 fully saturated rings. The van der Waals surface area contributed by atoms with E-state index in [4.69, 9.17) is 5.11 Å². The first-order chi connectivity index (χ1) is 12.3. The average molecular weight is 361 g/mol. The lowest BCUT2D eigenvalue weighted by Gasteiger charge is -2.59. The van der Waals surface area contributed by atoms with Gasteiger partial charge in [0.15, 0.2) is 5.78 Å². The Balaban J connectivity index is 1.58. The summed E-state index contributed by atoms with van der Waals surface area (Å²) in [6.07, 6.45) is 13.0. The number of unbranched alkanes of at least 4 members (excludes halogenated alkanes) is 1. The van der Waals surface area contributed by atoms with Crippen molar-refractivity contribution in [3.63, 3.8) is 0 Å². The number of hydrogen-bond donors (Lipinski definition) is 2. The molecule has 0 aromatic carbocycles. The molecule has 0 aromatic rings. The number of rotatable bonds is 4. The number of hydrogen-bond acceptors (Lipinski definition) is 3. The minimum absolute atomic E-state index is 0.0334. The van der Waals surface area contributed by atoms with Crippen molar-refractivity contribution in [1.29, 1.82) is 0 Å². The van der Waals surface area contributed by atoms with Crippen molar-refractivity contribution in [3.8, 4) is 0 Å². The van der Waals surface area contributed by atoms with Gasteiger partial charge in [0.25, 0.3) is 0 Å². The number of carbonyl (C=O) groups is 1. The summed E-state index contributed by atoms with van der Waals surface area (Å²) < 4.78 is 0. The van der Waals surface area contributed by atoms with Crippen LogP contribution in [0.3, 0.4) is 0 Å². The van der Waals surface area contributed by atoms with Crippen molar-refractivity contribution >= 4 is 5.78 Å². The van der Waals surface area contributed by atoms with Crippen molar-refractivity contribution < 1.29 is 15.0 Å². The Labute approximate surface area is 158 Å². The van der Waals surface area contributed by atoms with Crippen LogP contribution in [0.4, 0.5) is 0 Å². The number of ketones is 1. The monoisotopic (exact) mass is 360 g/mol. The molecule has 4 aliphatic carbocycles. The maximum absolute atomic E-state index is 11.9. The second-order valence-electron chi connectivity index (χ2n) is 10.2. The maximum atomic E-state index is 11.9. The van der Waals surface area contributed by atoms with E-state index in [1.807, 2.05) is 6.08 Å². The summed E-state index contributed by atoms with van der Waals surface area (Å²) in [7, 11) is 0. The van der Waals surface area contributed by atoms with Crippen LogP contribution in [0, 0.1) is 28.6 Å². The SMILES string of the molecule is C[C@]12CCC(=O)C=C1CC[C@@H]1[C@@H]2CC[C@@]2(C)[C@H]1CC[C@@]2(O)CCCCO. The summed E-state index contributed by atoms with van der Waals surface area (Å²) in [6.45, 7) is 5.01. The highest BCUT2D eigenvalue weighted by Crippen LogP contribution is 2.68. The molecule has 3 nitrogen and oxygen atoms in total. The van der Waals surface area contributed by atoms with E-state index < -0.39 is 5.60 Å². The van der Waals surface area contributed by atoms with Crippen molar-refractivity contribution in [3.05, 3.63) is 11.6 Å². The van der Waals surface area contributed by atoms with E-state index in [1.54, 1.807) is 0 Å². The molecular formula is C23H36O3. The fourth-order valence-electron chi connectivity index (χ4n) is 7.61. The molecule has 26 heavy (non-hydrogen) atoms. The maximum Gasteiger partial charge on any atom is 0.155 e. The molecule has 0 amide bonds. The van der Waals surface area contributed by atoms with Crippen LogP contribution in [-0.4, -0.2) is 28.2 Å². The Bertz CT molecular complexity index is 611. The Kier molecular flexibility index (Phi) is 4.63. The fraction of sp³-hybridized carbons (Fsp3) is 0.870. The van der Waals surface area contributed by atoms with Crippen LogP contribution in [0.5, 0.6) is 0 Å². The van der Waals surface area contributed by atoms with E-state index in [0.717, 1.165) is 57.8 Å². The van der Waals surface area contributed by atoms with Crippen LogP contribution in [0.1, 0.15) is 84.5 Å². The summed E-state index contributed by atoms with van der Waals surface area (Å²) >= 11 is 0. The van der Waals surface area contributed by atoms with Crippen LogP contribution in [0.25, 0.3) is 0 Å². The molecule has 3 heteroatoms. The predicted molar refractivity (Wildman–Crippen MR) is 103 cm³/mol. The van der Waals surface area contributed by atoms with Crippen molar-refractivity contribution in [2.75, 3.05) is 6.61 Å². The molecule has 4 rings (SSSR count). The van der Waals surface area contributed by atoms with Crippen LogP contribution in [0.15, 0.2) is 11.6 Å². The van der Waals surface area contributed by atoms with Crippen LogP contribution < -0.4 is 0 Å². The summed E-state index contributed by atoms with van der Waals surface area (Å²) in [4.78, 5) is 11.9. The molecule has 146 valence electrons. The van der Waals surface area contributed by atoms with E-state index in [9.17, 15) is 9.90 Å². The Hall–Kier alpha value is -0.670. The van der Waals surface area contributed by atoms with Crippen LogP contribution in [-0.2, 0) is 4.79 Å². The molecule has 6 atom stereocenters. The van der Waals surface area contributed by atoms with Crippen molar-refractivity contribution in [2.45, 2.75) is 90.1 Å². The third-order valence-electron chi connectivity index (χ3n) is 9.28. The lowest BCUT2D eigenvalue weighted by molar-refractivity contribution is -0.133. The van der Waals surface area contributed by atoms with Gasteiger partial charge in [0.1, 0.15) is 0 Å². The highest BCUT2D eigenvalue weighted by atomic mass is 16.3. The van der Waals surface area contributed by atoms with E-state index >= 15 is 0 Å². The van der Waals surface area contributed by atoms with E-state index in [2.05, 4.69) is 13.8 Å². The molecule has 3 saturated carbocycles. The Morgan fingerprint density at radius 3 is 2.58 bits per heavy atom. The van der Waals surface area contributed by atoms with Gasteiger partial charge in [0.2, 0.25) is 0 Å². The third kappa shape index (κ3) is 2.57. The second-order valence-corrected chi connectivity index (χ2v) is 10.2. The molecule has 0 unspecified atom stereocenters. The molecule has 0 aliphatic heterocycles. The zero-order valence-electron chi connectivity index (χ0n) is 16.6. The normalized spacial score (nSPS) is 47.8. The van der Waals surface area contributed by atoms with Gasteiger partial charge in [-0.2, -0.15) is 0 Å². The second kappa shape index (κ2) is 6.44. The molecule has 0 spiro atoms. The topological polar surface area (TPSA) is 57.5 Å². The Morgan fingerprint density at radius 2 is 1.81 bits per heavy atom. The molecule has 0 aromatic heterocycles. The summed E-state index contributed by atoms with van der Waals surface area (Å²) in [6, 6.07) is 0. The first-order valence-corrected chi connectivity index (χ1v) is 10.9. The summed E-state index contributed by atoms with van der Waals surface area (Å²) in [5, 5.41) is 20.7. The molecular weight excluding hydrogens is 324 g/mol. The highest BCUT2D eigenvalue weighted by Gasteiger charge is 2.63. The van der Waals surface area contributed by atoms with Gasteiger partial charge in [0, 0.05) is 13.0 Å². The zero-order valence-corrected chi connectivity index (χ0v) is 16.6. The summed E-state index contributed by atoms with van der Waals surface area (Å²) in [5.41, 5.74) is 1.13. The first kappa shape index (κ1) is 18.7. The number of aliphatic hydroxyl groups is 2. The van der Waals surface area contributed by atoms with Gasteiger partial charge >= 0.3 is 0 Å². The molecule has 2 N–H and O–H groups in total. The highest BCUT2D eigenvalue weighted by molar-refractivity contribution is 5.91. The molecule has 0 radical (unpaired) electrons. The molecule has 0 heterocycles. The van der Waals surface area contributed by atoms with Gasteiger partial charge in [-0.3, -0.25) is 4.79 Å². The fourth-order valence-corrected chi connectivity index (χ4v) is 7.61. The van der Waals surface area contributed by atoms with Crippen LogP contribution in [0.2, 0.25) is 0 Å². The van der Waals surface area contributed by atoms with Gasteiger partial charge in [0.05, 0.1) is 5.60 Å². The van der Waals surface area contributed by atoms with E-state index in [-0.39, 0.29) is 17.4 Å². The lowest BCUT2D eigenvalue weighted by Crippen LogP contribution is -2.54. The quantitative estimate of drug-likeness (QED) is 0.730.